The van der Waals surface area contributed by atoms with E-state index in [4.69, 9.17) is 5.73 Å². The molecular formula is C9H18N4. The molecule has 1 aromatic heterocycles. The van der Waals surface area contributed by atoms with Crippen LogP contribution in [0.1, 0.15) is 39.6 Å². The lowest BCUT2D eigenvalue weighted by molar-refractivity contribution is 0.247. The molecule has 0 saturated heterocycles. The van der Waals surface area contributed by atoms with E-state index in [-0.39, 0.29) is 11.5 Å². The van der Waals surface area contributed by atoms with Crippen molar-refractivity contribution in [3.8, 4) is 0 Å². The predicted octanol–water partition coefficient (Wildman–Crippen LogP) is 1.78. The zero-order valence-electron chi connectivity index (χ0n) is 9.00. The van der Waals surface area contributed by atoms with Crippen LogP contribution in [-0.2, 0) is 0 Å². The van der Waals surface area contributed by atoms with Gasteiger partial charge in [-0.3, -0.25) is 0 Å². The Morgan fingerprint density at radius 2 is 1.92 bits per heavy atom. The molecule has 0 radical (unpaired) electrons. The number of aryl methyl sites for hydroxylation is 1. The summed E-state index contributed by atoms with van der Waals surface area (Å²) in [5.41, 5.74) is 5.88. The molecule has 0 aliphatic heterocycles. The smallest absolute Gasteiger partial charge is 0.218 e. The van der Waals surface area contributed by atoms with Crippen LogP contribution in [-0.4, -0.2) is 14.8 Å². The van der Waals surface area contributed by atoms with E-state index in [2.05, 4.69) is 37.8 Å². The van der Waals surface area contributed by atoms with E-state index >= 15 is 0 Å². The lowest BCUT2D eigenvalue weighted by Crippen LogP contribution is -2.23. The van der Waals surface area contributed by atoms with Gasteiger partial charge in [-0.25, -0.2) is 4.68 Å². The summed E-state index contributed by atoms with van der Waals surface area (Å²) in [6.07, 6.45) is 0. The Morgan fingerprint density at radius 3 is 2.23 bits per heavy atom. The molecule has 13 heavy (non-hydrogen) atoms. The summed E-state index contributed by atoms with van der Waals surface area (Å²) in [5, 5.41) is 4.26. The largest absolute Gasteiger partial charge is 0.368 e. The van der Waals surface area contributed by atoms with E-state index in [0.29, 0.717) is 5.95 Å². The van der Waals surface area contributed by atoms with Crippen molar-refractivity contribution in [1.82, 2.24) is 14.8 Å². The number of hydrogen-bond donors (Lipinski definition) is 1. The van der Waals surface area contributed by atoms with Crippen molar-refractivity contribution in [3.63, 3.8) is 0 Å². The van der Waals surface area contributed by atoms with Crippen LogP contribution in [0.3, 0.4) is 0 Å². The lowest BCUT2D eigenvalue weighted by Gasteiger charge is -2.27. The van der Waals surface area contributed by atoms with E-state index in [0.717, 1.165) is 5.82 Å². The SMILES string of the molecule is Cc1nc(N)n(C(C)C(C)(C)C)n1. The first kappa shape index (κ1) is 10.0. The van der Waals surface area contributed by atoms with Gasteiger partial charge in [0, 0.05) is 0 Å². The van der Waals surface area contributed by atoms with Crippen LogP contribution in [0.4, 0.5) is 5.95 Å². The van der Waals surface area contributed by atoms with Gasteiger partial charge < -0.3 is 5.73 Å². The van der Waals surface area contributed by atoms with Gasteiger partial charge in [-0.05, 0) is 19.3 Å². The fraction of sp³-hybridized carbons (Fsp3) is 0.778. The van der Waals surface area contributed by atoms with Crippen LogP contribution in [0.5, 0.6) is 0 Å². The van der Waals surface area contributed by atoms with E-state index in [1.165, 1.54) is 0 Å². The number of anilines is 1. The van der Waals surface area contributed by atoms with Gasteiger partial charge in [-0.2, -0.15) is 10.1 Å². The quantitative estimate of drug-likeness (QED) is 0.720. The molecule has 0 aliphatic carbocycles. The second kappa shape index (κ2) is 3.01. The average molecular weight is 182 g/mol. The van der Waals surface area contributed by atoms with Gasteiger partial charge in [-0.15, -0.1) is 0 Å². The standard InChI is InChI=1S/C9H18N4/c1-6(9(3,4)5)13-8(10)11-7(2)12-13/h6H,1-5H3,(H2,10,11,12). The summed E-state index contributed by atoms with van der Waals surface area (Å²) < 4.78 is 1.79. The summed E-state index contributed by atoms with van der Waals surface area (Å²) in [4.78, 5) is 4.08. The van der Waals surface area contributed by atoms with Crippen molar-refractivity contribution < 1.29 is 0 Å². The van der Waals surface area contributed by atoms with Crippen molar-refractivity contribution >= 4 is 5.95 Å². The van der Waals surface area contributed by atoms with Crippen LogP contribution in [0, 0.1) is 12.3 Å². The first-order chi connectivity index (χ1) is 5.82. The van der Waals surface area contributed by atoms with Gasteiger partial charge in [0.25, 0.3) is 0 Å². The van der Waals surface area contributed by atoms with E-state index < -0.39 is 0 Å². The summed E-state index contributed by atoms with van der Waals surface area (Å²) in [7, 11) is 0. The number of nitrogens with two attached hydrogens (primary N) is 1. The molecule has 0 fully saturated rings. The highest BCUT2D eigenvalue weighted by atomic mass is 15.4. The molecule has 1 aromatic rings. The Kier molecular flexibility index (Phi) is 2.32. The highest BCUT2D eigenvalue weighted by Crippen LogP contribution is 2.30. The molecule has 4 heteroatoms. The third kappa shape index (κ3) is 1.99. The summed E-state index contributed by atoms with van der Waals surface area (Å²) in [5.74, 6) is 1.23. The topological polar surface area (TPSA) is 56.7 Å². The number of nitrogens with zero attached hydrogens (tertiary/aromatic N) is 3. The second-order valence-corrected chi connectivity index (χ2v) is 4.50. The third-order valence-corrected chi connectivity index (χ3v) is 2.38. The molecule has 0 amide bonds. The molecule has 1 rings (SSSR count). The Hall–Kier alpha value is -1.06. The van der Waals surface area contributed by atoms with Gasteiger partial charge in [-0.1, -0.05) is 20.8 Å². The monoisotopic (exact) mass is 182 g/mol. The fourth-order valence-corrected chi connectivity index (χ4v) is 1.10. The molecule has 1 heterocycles. The maximum absolute atomic E-state index is 5.73. The van der Waals surface area contributed by atoms with Crippen molar-refractivity contribution in [1.29, 1.82) is 0 Å². The van der Waals surface area contributed by atoms with Crippen molar-refractivity contribution in [2.75, 3.05) is 5.73 Å². The van der Waals surface area contributed by atoms with Gasteiger partial charge in [0.1, 0.15) is 5.82 Å². The highest BCUT2D eigenvalue weighted by Gasteiger charge is 2.24. The Labute approximate surface area is 79.2 Å². The fourth-order valence-electron chi connectivity index (χ4n) is 1.10. The molecule has 4 nitrogen and oxygen atoms in total. The number of hydrogen-bond acceptors (Lipinski definition) is 3. The maximum Gasteiger partial charge on any atom is 0.218 e. The first-order valence-corrected chi connectivity index (χ1v) is 4.51. The molecule has 2 N–H and O–H groups in total. The molecule has 0 spiro atoms. The summed E-state index contributed by atoms with van der Waals surface area (Å²) in [6.45, 7) is 10.4. The Bertz CT molecular complexity index is 295. The Balaban J connectivity index is 3.01. The van der Waals surface area contributed by atoms with Gasteiger partial charge >= 0.3 is 0 Å². The number of rotatable bonds is 1. The molecule has 74 valence electrons. The minimum Gasteiger partial charge on any atom is -0.368 e. The minimum absolute atomic E-state index is 0.147. The van der Waals surface area contributed by atoms with Crippen LogP contribution in [0.2, 0.25) is 0 Å². The van der Waals surface area contributed by atoms with Crippen LogP contribution < -0.4 is 5.73 Å². The van der Waals surface area contributed by atoms with Crippen LogP contribution in [0.25, 0.3) is 0 Å². The van der Waals surface area contributed by atoms with Gasteiger partial charge in [0.05, 0.1) is 6.04 Å². The van der Waals surface area contributed by atoms with E-state index in [9.17, 15) is 0 Å². The predicted molar refractivity (Wildman–Crippen MR) is 53.3 cm³/mol. The Morgan fingerprint density at radius 1 is 1.38 bits per heavy atom. The van der Waals surface area contributed by atoms with Crippen LogP contribution in [0.15, 0.2) is 0 Å². The molecule has 0 bridgehead atoms. The minimum atomic E-state index is 0.147. The highest BCUT2D eigenvalue weighted by molar-refractivity contribution is 5.16. The molecule has 1 atom stereocenters. The van der Waals surface area contributed by atoms with E-state index in [1.54, 1.807) is 4.68 Å². The number of nitrogen functional groups attached to an aromatic ring is 1. The third-order valence-electron chi connectivity index (χ3n) is 2.38. The molecule has 0 aromatic carbocycles. The summed E-state index contributed by atoms with van der Waals surface area (Å²) in [6, 6.07) is 0.258. The number of aromatic nitrogens is 3. The van der Waals surface area contributed by atoms with Crippen molar-refractivity contribution in [2.45, 2.75) is 40.7 Å². The second-order valence-electron chi connectivity index (χ2n) is 4.50. The molecule has 0 saturated carbocycles. The van der Waals surface area contributed by atoms with Crippen molar-refractivity contribution in [2.24, 2.45) is 5.41 Å². The first-order valence-electron chi connectivity index (χ1n) is 4.51. The normalized spacial score (nSPS) is 14.5. The molecule has 0 aliphatic rings. The summed E-state index contributed by atoms with van der Waals surface area (Å²) >= 11 is 0. The zero-order valence-corrected chi connectivity index (χ0v) is 9.00. The van der Waals surface area contributed by atoms with Gasteiger partial charge in [0.2, 0.25) is 5.95 Å². The van der Waals surface area contributed by atoms with E-state index in [1.807, 2.05) is 6.92 Å². The maximum atomic E-state index is 5.73. The zero-order chi connectivity index (χ0) is 10.2. The van der Waals surface area contributed by atoms with Crippen LogP contribution >= 0.6 is 0 Å². The average Bonchev–Trinajstić information content (AvgIpc) is 2.26. The molecular weight excluding hydrogens is 164 g/mol. The molecule has 1 unspecified atom stereocenters. The lowest BCUT2D eigenvalue weighted by atomic mass is 9.88. The van der Waals surface area contributed by atoms with Crippen molar-refractivity contribution in [3.05, 3.63) is 5.82 Å². The van der Waals surface area contributed by atoms with Gasteiger partial charge in [0.15, 0.2) is 0 Å².